The fraction of sp³-hybridized carbons (Fsp3) is 0.134. The normalized spacial score (nSPS) is 14.8. The second-order valence-electron chi connectivity index (χ2n) is 20.9. The zero-order chi connectivity index (χ0) is 47.5. The first-order valence-corrected chi connectivity index (χ1v) is 24.7. The topological polar surface area (TPSA) is 19.6 Å². The molecule has 0 fully saturated rings. The number of para-hydroxylation sites is 3. The third-order valence-corrected chi connectivity index (χ3v) is 15.8. The van der Waals surface area contributed by atoms with Gasteiger partial charge in [-0.15, -0.1) is 0 Å². The number of hydrogen-bond donors (Lipinski definition) is 0. The van der Waals surface area contributed by atoms with Crippen molar-refractivity contribution in [2.45, 2.75) is 57.8 Å². The van der Waals surface area contributed by atoms with Crippen LogP contribution in [0.4, 0.5) is 34.1 Å². The highest BCUT2D eigenvalue weighted by Crippen LogP contribution is 2.62. The Kier molecular flexibility index (Phi) is 9.26. The molecule has 0 saturated heterocycles. The van der Waals surface area contributed by atoms with E-state index in [-0.39, 0.29) is 16.2 Å². The summed E-state index contributed by atoms with van der Waals surface area (Å²) in [6.07, 6.45) is 0. The van der Waals surface area contributed by atoms with Crippen LogP contribution in [0.1, 0.15) is 74.9 Å². The van der Waals surface area contributed by atoms with Gasteiger partial charge in [0, 0.05) is 72.4 Å². The molecule has 0 aliphatic heterocycles. The first-order chi connectivity index (χ1) is 34.0. The predicted octanol–water partition coefficient (Wildman–Crippen LogP) is 18.5. The van der Waals surface area contributed by atoms with Crippen molar-refractivity contribution >= 4 is 34.1 Å². The molecule has 0 radical (unpaired) electrons. The van der Waals surface area contributed by atoms with Gasteiger partial charge in [0.15, 0.2) is 0 Å². The number of furan rings is 1. The SMILES string of the molecule is CC1(C)c2ccccc2-c2ccc(N(c3ccc4c(c3)C(C)(C)c3c-4oc4c3C(C)(C)c3cc(N(c5ccccc5)c5ccccc5-c5ccccc5)ccc3-4)c3ccccc3-c3ccccc3)cc21. The van der Waals surface area contributed by atoms with Gasteiger partial charge in [0.1, 0.15) is 11.5 Å². The first-order valence-electron chi connectivity index (χ1n) is 24.7. The molecule has 3 aliphatic rings. The van der Waals surface area contributed by atoms with Gasteiger partial charge in [0.25, 0.3) is 0 Å². The van der Waals surface area contributed by atoms with Gasteiger partial charge < -0.3 is 14.2 Å². The second kappa shape index (κ2) is 15.4. The van der Waals surface area contributed by atoms with E-state index in [0.29, 0.717) is 0 Å². The van der Waals surface area contributed by atoms with Crippen LogP contribution in [0.3, 0.4) is 0 Å². The molecule has 0 saturated carbocycles. The van der Waals surface area contributed by atoms with Gasteiger partial charge in [-0.05, 0) is 117 Å². The minimum Gasteiger partial charge on any atom is -0.455 e. The third-order valence-electron chi connectivity index (χ3n) is 15.8. The van der Waals surface area contributed by atoms with Crippen molar-refractivity contribution in [1.82, 2.24) is 0 Å². The van der Waals surface area contributed by atoms with Crippen LogP contribution in [-0.4, -0.2) is 0 Å². The monoisotopic (exact) mass is 902 g/mol. The highest BCUT2D eigenvalue weighted by molar-refractivity contribution is 5.95. The molecule has 3 heteroatoms. The lowest BCUT2D eigenvalue weighted by Gasteiger charge is -2.32. The Labute approximate surface area is 412 Å². The van der Waals surface area contributed by atoms with E-state index in [1.807, 2.05) is 0 Å². The lowest BCUT2D eigenvalue weighted by molar-refractivity contribution is 0.592. The van der Waals surface area contributed by atoms with Crippen molar-refractivity contribution < 1.29 is 4.42 Å². The van der Waals surface area contributed by atoms with E-state index in [2.05, 4.69) is 270 Å². The van der Waals surface area contributed by atoms with Gasteiger partial charge in [0.2, 0.25) is 0 Å². The Morgan fingerprint density at radius 3 is 1.13 bits per heavy atom. The summed E-state index contributed by atoms with van der Waals surface area (Å²) in [4.78, 5) is 4.89. The largest absolute Gasteiger partial charge is 0.455 e. The molecule has 338 valence electrons. The van der Waals surface area contributed by atoms with Gasteiger partial charge in [-0.3, -0.25) is 0 Å². The van der Waals surface area contributed by atoms with E-state index in [0.717, 1.165) is 45.6 Å². The van der Waals surface area contributed by atoms with E-state index in [1.165, 1.54) is 77.9 Å². The summed E-state index contributed by atoms with van der Waals surface area (Å²) in [6.45, 7) is 14.3. The van der Waals surface area contributed by atoms with Gasteiger partial charge in [-0.2, -0.15) is 0 Å². The Morgan fingerprint density at radius 2 is 0.643 bits per heavy atom. The Bertz CT molecular complexity index is 3690. The van der Waals surface area contributed by atoms with E-state index in [4.69, 9.17) is 4.42 Å². The summed E-state index contributed by atoms with van der Waals surface area (Å²) in [7, 11) is 0. The minimum atomic E-state index is -0.350. The average molecular weight is 903 g/mol. The smallest absolute Gasteiger partial charge is 0.139 e. The number of anilines is 6. The molecule has 0 amide bonds. The fourth-order valence-electron chi connectivity index (χ4n) is 12.4. The van der Waals surface area contributed by atoms with E-state index >= 15 is 0 Å². The number of fused-ring (bicyclic) bond motifs is 10. The third kappa shape index (κ3) is 6.13. The molecule has 1 heterocycles. The van der Waals surface area contributed by atoms with Crippen LogP contribution in [0.2, 0.25) is 0 Å². The van der Waals surface area contributed by atoms with E-state index < -0.39 is 0 Å². The average Bonchev–Trinajstić information content (AvgIpc) is 4.04. The number of nitrogens with zero attached hydrogens (tertiary/aromatic N) is 2. The van der Waals surface area contributed by atoms with Crippen molar-refractivity contribution in [3.05, 3.63) is 252 Å². The van der Waals surface area contributed by atoms with Gasteiger partial charge in [-0.25, -0.2) is 0 Å². The minimum absolute atomic E-state index is 0.140. The summed E-state index contributed by atoms with van der Waals surface area (Å²) >= 11 is 0. The molecule has 0 N–H and O–H groups in total. The molecule has 0 bridgehead atoms. The highest BCUT2D eigenvalue weighted by Gasteiger charge is 2.50. The van der Waals surface area contributed by atoms with E-state index in [1.54, 1.807) is 0 Å². The summed E-state index contributed by atoms with van der Waals surface area (Å²) in [5, 5.41) is 0. The Balaban J connectivity index is 0.930. The maximum Gasteiger partial charge on any atom is 0.139 e. The molecule has 0 unspecified atom stereocenters. The van der Waals surface area contributed by atoms with Crippen LogP contribution >= 0.6 is 0 Å². The molecular formula is C67H54N2O. The van der Waals surface area contributed by atoms with Crippen molar-refractivity contribution in [2.75, 3.05) is 9.80 Å². The zero-order valence-corrected chi connectivity index (χ0v) is 40.6. The Morgan fingerprint density at radius 1 is 0.286 bits per heavy atom. The maximum absolute atomic E-state index is 7.26. The molecule has 1 aromatic heterocycles. The summed E-state index contributed by atoms with van der Waals surface area (Å²) in [5.74, 6) is 1.99. The van der Waals surface area contributed by atoms with Crippen molar-refractivity contribution in [3.63, 3.8) is 0 Å². The Hall–Kier alpha value is -8.14. The maximum atomic E-state index is 7.26. The van der Waals surface area contributed by atoms with Crippen molar-refractivity contribution in [2.24, 2.45) is 0 Å². The first kappa shape index (κ1) is 42.0. The molecular weight excluding hydrogens is 849 g/mol. The molecule has 10 aromatic rings. The molecule has 3 nitrogen and oxygen atoms in total. The van der Waals surface area contributed by atoms with Gasteiger partial charge in [-0.1, -0.05) is 187 Å². The lowest BCUT2D eigenvalue weighted by Crippen LogP contribution is -2.23. The zero-order valence-electron chi connectivity index (χ0n) is 40.6. The van der Waals surface area contributed by atoms with Crippen molar-refractivity contribution in [1.29, 1.82) is 0 Å². The summed E-state index contributed by atoms with van der Waals surface area (Å²) < 4.78 is 7.26. The molecule has 0 atom stereocenters. The fourth-order valence-corrected chi connectivity index (χ4v) is 12.4. The summed E-state index contributed by atoms with van der Waals surface area (Å²) in [6, 6.07) is 79.9. The second-order valence-corrected chi connectivity index (χ2v) is 20.9. The standard InChI is InChI=1S/C67H54N2O/c1-65(2)55-31-19-16-30-51(55)52-37-34-47(40-56(52)65)69(60-33-21-18-29-50(60)44-24-12-8-13-25-44)48-36-39-54-58(42-48)67(5,6)62-61-63(70-64(54)62)53-38-35-46(41-57(53)66(61,3)4)68(45-26-14-9-15-27-45)59-32-20-17-28-49(59)43-22-10-7-11-23-43/h7-42H,1-6H3. The number of rotatable bonds is 8. The quantitative estimate of drug-likeness (QED) is 0.151. The van der Waals surface area contributed by atoms with E-state index in [9.17, 15) is 0 Å². The number of benzene rings is 9. The predicted molar refractivity (Wildman–Crippen MR) is 292 cm³/mol. The highest BCUT2D eigenvalue weighted by atomic mass is 16.3. The summed E-state index contributed by atoms with van der Waals surface area (Å²) in [5.41, 5.74) is 23.5. The van der Waals surface area contributed by atoms with Crippen LogP contribution in [-0.2, 0) is 16.2 Å². The van der Waals surface area contributed by atoms with Crippen LogP contribution in [0.15, 0.2) is 223 Å². The van der Waals surface area contributed by atoms with Gasteiger partial charge in [0.05, 0.1) is 11.4 Å². The van der Waals surface area contributed by atoms with Crippen LogP contribution in [0.25, 0.3) is 56.0 Å². The lowest BCUT2D eigenvalue weighted by atomic mass is 9.74. The van der Waals surface area contributed by atoms with Crippen LogP contribution < -0.4 is 9.80 Å². The molecule has 3 aliphatic carbocycles. The molecule has 9 aromatic carbocycles. The molecule has 0 spiro atoms. The van der Waals surface area contributed by atoms with Gasteiger partial charge >= 0.3 is 0 Å². The molecule has 13 rings (SSSR count). The molecule has 70 heavy (non-hydrogen) atoms. The van der Waals surface area contributed by atoms with Crippen molar-refractivity contribution in [3.8, 4) is 56.0 Å². The van der Waals surface area contributed by atoms with Crippen LogP contribution in [0, 0.1) is 0 Å². The number of hydrogen-bond acceptors (Lipinski definition) is 3. The van der Waals surface area contributed by atoms with Crippen LogP contribution in [0.5, 0.6) is 0 Å².